The van der Waals surface area contributed by atoms with Gasteiger partial charge in [0.05, 0.1) is 0 Å². The molecule has 0 bridgehead atoms. The van der Waals surface area contributed by atoms with Crippen LogP contribution in [-0.4, -0.2) is 37.5 Å². The first-order valence-electron chi connectivity index (χ1n) is 6.89. The zero-order valence-electron chi connectivity index (χ0n) is 11.8. The van der Waals surface area contributed by atoms with Crippen LogP contribution in [0, 0.1) is 12.8 Å². The average Bonchev–Trinajstić information content (AvgIpc) is 2.39. The number of hydrogen-bond acceptors (Lipinski definition) is 3. The van der Waals surface area contributed by atoms with Crippen LogP contribution in [0.5, 0.6) is 0 Å². The summed E-state index contributed by atoms with van der Waals surface area (Å²) in [6.07, 6.45) is 2.41. The molecular weight excluding hydrogens is 238 g/mol. The van der Waals surface area contributed by atoms with Gasteiger partial charge in [-0.05, 0) is 57.0 Å². The smallest absolute Gasteiger partial charge is 0.251 e. The quantitative estimate of drug-likeness (QED) is 0.813. The number of likely N-dealkylation sites (tertiary alicyclic amines) is 1. The Balaban J connectivity index is 1.92. The molecule has 1 atom stereocenters. The highest BCUT2D eigenvalue weighted by Crippen LogP contribution is 2.17. The van der Waals surface area contributed by atoms with Gasteiger partial charge < -0.3 is 16.0 Å². The van der Waals surface area contributed by atoms with Crippen molar-refractivity contribution in [2.24, 2.45) is 5.92 Å². The van der Waals surface area contributed by atoms with Crippen molar-refractivity contribution in [1.29, 1.82) is 0 Å². The fourth-order valence-corrected chi connectivity index (χ4v) is 2.67. The van der Waals surface area contributed by atoms with Crippen LogP contribution < -0.4 is 11.1 Å². The number of carbonyl (C=O) groups excluding carboxylic acids is 1. The van der Waals surface area contributed by atoms with Crippen molar-refractivity contribution < 1.29 is 4.79 Å². The van der Waals surface area contributed by atoms with E-state index in [0.29, 0.717) is 17.2 Å². The van der Waals surface area contributed by atoms with E-state index < -0.39 is 0 Å². The molecule has 4 heteroatoms. The first-order valence-corrected chi connectivity index (χ1v) is 6.89. The predicted molar refractivity (Wildman–Crippen MR) is 78.1 cm³/mol. The average molecular weight is 261 g/mol. The fourth-order valence-electron chi connectivity index (χ4n) is 2.67. The molecule has 1 aromatic carbocycles. The Hall–Kier alpha value is -1.55. The number of nitrogens with two attached hydrogens (primary N) is 1. The molecular formula is C15H23N3O. The van der Waals surface area contributed by atoms with Crippen molar-refractivity contribution in [3.63, 3.8) is 0 Å². The summed E-state index contributed by atoms with van der Waals surface area (Å²) < 4.78 is 0. The van der Waals surface area contributed by atoms with Crippen LogP contribution in [0.3, 0.4) is 0 Å². The largest absolute Gasteiger partial charge is 0.398 e. The normalized spacial score (nSPS) is 20.2. The van der Waals surface area contributed by atoms with Crippen molar-refractivity contribution in [3.05, 3.63) is 29.3 Å². The van der Waals surface area contributed by atoms with Crippen LogP contribution in [0.1, 0.15) is 28.8 Å². The maximum absolute atomic E-state index is 12.2. The summed E-state index contributed by atoms with van der Waals surface area (Å²) in [5.74, 6) is 0.544. The van der Waals surface area contributed by atoms with Crippen LogP contribution >= 0.6 is 0 Å². The van der Waals surface area contributed by atoms with Crippen LogP contribution in [0.2, 0.25) is 0 Å². The van der Waals surface area contributed by atoms with E-state index in [2.05, 4.69) is 17.3 Å². The molecule has 1 aromatic rings. The number of nitrogens with zero attached hydrogens (tertiary/aromatic N) is 1. The van der Waals surface area contributed by atoms with Gasteiger partial charge in [0, 0.05) is 24.3 Å². The second-order valence-electron chi connectivity index (χ2n) is 5.50. The zero-order valence-corrected chi connectivity index (χ0v) is 11.8. The lowest BCUT2D eigenvalue weighted by atomic mass is 9.98. The van der Waals surface area contributed by atoms with Crippen LogP contribution in [-0.2, 0) is 0 Å². The Morgan fingerprint density at radius 3 is 3.05 bits per heavy atom. The fraction of sp³-hybridized carbons (Fsp3) is 0.533. The molecule has 0 spiro atoms. The standard InChI is InChI=1S/C15H23N3O/c1-11-13(6-3-7-14(11)16)15(19)17-9-12-5-4-8-18(2)10-12/h3,6-7,12H,4-5,8-10,16H2,1-2H3,(H,17,19). The van der Waals surface area contributed by atoms with Gasteiger partial charge in [-0.25, -0.2) is 0 Å². The summed E-state index contributed by atoms with van der Waals surface area (Å²) >= 11 is 0. The summed E-state index contributed by atoms with van der Waals surface area (Å²) in [6, 6.07) is 5.47. The molecule has 104 valence electrons. The number of piperidine rings is 1. The Labute approximate surface area is 115 Å². The molecule has 1 fully saturated rings. The number of carbonyl (C=O) groups is 1. The third-order valence-corrected chi connectivity index (χ3v) is 3.89. The molecule has 0 aliphatic carbocycles. The lowest BCUT2D eigenvalue weighted by Gasteiger charge is -2.29. The lowest BCUT2D eigenvalue weighted by molar-refractivity contribution is 0.0936. The number of benzene rings is 1. The predicted octanol–water partition coefficient (Wildman–Crippen LogP) is 1.65. The summed E-state index contributed by atoms with van der Waals surface area (Å²) in [5.41, 5.74) is 8.05. The van der Waals surface area contributed by atoms with E-state index in [1.165, 1.54) is 19.4 Å². The van der Waals surface area contributed by atoms with Crippen LogP contribution in [0.25, 0.3) is 0 Å². The molecule has 1 saturated heterocycles. The molecule has 1 aliphatic rings. The second-order valence-corrected chi connectivity index (χ2v) is 5.50. The molecule has 19 heavy (non-hydrogen) atoms. The van der Waals surface area contributed by atoms with E-state index in [1.807, 2.05) is 25.1 Å². The van der Waals surface area contributed by atoms with Crippen molar-refractivity contribution in [2.45, 2.75) is 19.8 Å². The first kappa shape index (κ1) is 13.9. The zero-order chi connectivity index (χ0) is 13.8. The van der Waals surface area contributed by atoms with Gasteiger partial charge in [-0.1, -0.05) is 6.07 Å². The maximum atomic E-state index is 12.2. The Kier molecular flexibility index (Phi) is 4.43. The highest BCUT2D eigenvalue weighted by molar-refractivity contribution is 5.96. The monoisotopic (exact) mass is 261 g/mol. The van der Waals surface area contributed by atoms with Crippen molar-refractivity contribution in [1.82, 2.24) is 10.2 Å². The third kappa shape index (κ3) is 3.47. The highest BCUT2D eigenvalue weighted by Gasteiger charge is 2.18. The van der Waals surface area contributed by atoms with Gasteiger partial charge in [0.25, 0.3) is 5.91 Å². The van der Waals surface area contributed by atoms with Crippen molar-refractivity contribution >= 4 is 11.6 Å². The summed E-state index contributed by atoms with van der Waals surface area (Å²) in [5, 5.41) is 3.04. The molecule has 1 unspecified atom stereocenters. The molecule has 0 aromatic heterocycles. The van der Waals surface area contributed by atoms with Gasteiger partial charge in [-0.2, -0.15) is 0 Å². The molecule has 4 nitrogen and oxygen atoms in total. The van der Waals surface area contributed by atoms with Crippen LogP contribution in [0.15, 0.2) is 18.2 Å². The second kappa shape index (κ2) is 6.06. The Morgan fingerprint density at radius 1 is 1.53 bits per heavy atom. The molecule has 3 N–H and O–H groups in total. The van der Waals surface area contributed by atoms with Gasteiger partial charge >= 0.3 is 0 Å². The molecule has 0 saturated carbocycles. The van der Waals surface area contributed by atoms with E-state index in [1.54, 1.807) is 0 Å². The Morgan fingerprint density at radius 2 is 2.32 bits per heavy atom. The molecule has 0 radical (unpaired) electrons. The SMILES string of the molecule is Cc1c(N)cccc1C(=O)NCC1CCCN(C)C1. The minimum atomic E-state index is -0.0157. The highest BCUT2D eigenvalue weighted by atomic mass is 16.1. The number of anilines is 1. The first-order chi connectivity index (χ1) is 9.08. The molecule has 1 amide bonds. The minimum Gasteiger partial charge on any atom is -0.398 e. The topological polar surface area (TPSA) is 58.4 Å². The summed E-state index contributed by atoms with van der Waals surface area (Å²) in [6.45, 7) is 4.87. The molecule has 2 rings (SSSR count). The van der Waals surface area contributed by atoms with E-state index in [0.717, 1.165) is 18.7 Å². The number of nitrogens with one attached hydrogen (secondary N) is 1. The number of hydrogen-bond donors (Lipinski definition) is 2. The van der Waals surface area contributed by atoms with Gasteiger partial charge in [-0.3, -0.25) is 4.79 Å². The number of amides is 1. The third-order valence-electron chi connectivity index (χ3n) is 3.89. The maximum Gasteiger partial charge on any atom is 0.251 e. The minimum absolute atomic E-state index is 0.0157. The van der Waals surface area contributed by atoms with E-state index in [-0.39, 0.29) is 5.91 Å². The van der Waals surface area contributed by atoms with Gasteiger partial charge in [-0.15, -0.1) is 0 Å². The van der Waals surface area contributed by atoms with E-state index in [9.17, 15) is 4.79 Å². The number of rotatable bonds is 3. The molecule has 1 aliphatic heterocycles. The van der Waals surface area contributed by atoms with Gasteiger partial charge in [0.1, 0.15) is 0 Å². The van der Waals surface area contributed by atoms with Gasteiger partial charge in [0.2, 0.25) is 0 Å². The van der Waals surface area contributed by atoms with Crippen molar-refractivity contribution in [3.8, 4) is 0 Å². The van der Waals surface area contributed by atoms with E-state index in [4.69, 9.17) is 5.73 Å². The summed E-state index contributed by atoms with van der Waals surface area (Å²) in [4.78, 5) is 14.5. The summed E-state index contributed by atoms with van der Waals surface area (Å²) in [7, 11) is 2.13. The van der Waals surface area contributed by atoms with Crippen LogP contribution in [0.4, 0.5) is 5.69 Å². The van der Waals surface area contributed by atoms with E-state index >= 15 is 0 Å². The van der Waals surface area contributed by atoms with Gasteiger partial charge in [0.15, 0.2) is 0 Å². The lowest BCUT2D eigenvalue weighted by Crippen LogP contribution is -2.39. The van der Waals surface area contributed by atoms with Crippen molar-refractivity contribution in [2.75, 3.05) is 32.4 Å². The number of nitrogen functional groups attached to an aromatic ring is 1. The Bertz CT molecular complexity index is 459. The molecule has 1 heterocycles.